The smallest absolute Gasteiger partial charge is 0.221 e. The average Bonchev–Trinajstić information content (AvgIpc) is 3.34. The number of anilines is 1. The van der Waals surface area contributed by atoms with Gasteiger partial charge in [-0.3, -0.25) is 4.79 Å². The number of carbonyl (C=O) groups excluding carboxylic acids is 1. The first kappa shape index (κ1) is 17.7. The molecule has 0 saturated heterocycles. The summed E-state index contributed by atoms with van der Waals surface area (Å²) in [5.74, 6) is -0.254. The first-order chi connectivity index (χ1) is 12.9. The molecule has 0 aliphatic heterocycles. The van der Waals surface area contributed by atoms with Gasteiger partial charge in [0.15, 0.2) is 0 Å². The molecule has 0 spiro atoms. The largest absolute Gasteiger partial charge is 0.325 e. The van der Waals surface area contributed by atoms with Crippen molar-refractivity contribution in [2.24, 2.45) is 5.73 Å². The topological polar surface area (TPSA) is 55.1 Å². The molecule has 1 aliphatic rings. The fraction of sp³-hybridized carbons (Fsp3) is 0.261. The van der Waals surface area contributed by atoms with Crippen molar-refractivity contribution in [1.82, 2.24) is 0 Å². The molecule has 0 aromatic heterocycles. The number of fused-ring (bicyclic) bond motifs is 1. The Hall–Kier alpha value is -2.72. The van der Waals surface area contributed by atoms with E-state index in [0.29, 0.717) is 16.8 Å². The second-order valence-corrected chi connectivity index (χ2v) is 7.47. The Bertz CT molecular complexity index is 1050. The van der Waals surface area contributed by atoms with Crippen molar-refractivity contribution in [1.29, 1.82) is 0 Å². The summed E-state index contributed by atoms with van der Waals surface area (Å²) < 4.78 is 15.0. The van der Waals surface area contributed by atoms with Crippen molar-refractivity contribution in [3.63, 3.8) is 0 Å². The SMILES string of the molecule is CCC1(N)CC1c1ccc(-c2ccc3ccccc3c2NC(C)=O)c(F)c1. The molecule has 2 atom stereocenters. The lowest BCUT2D eigenvalue weighted by molar-refractivity contribution is -0.114. The summed E-state index contributed by atoms with van der Waals surface area (Å²) in [4.78, 5) is 11.8. The Morgan fingerprint density at radius 3 is 2.59 bits per heavy atom. The van der Waals surface area contributed by atoms with Gasteiger partial charge in [0.1, 0.15) is 5.82 Å². The first-order valence-electron chi connectivity index (χ1n) is 9.31. The van der Waals surface area contributed by atoms with Gasteiger partial charge in [-0.25, -0.2) is 4.39 Å². The van der Waals surface area contributed by atoms with Crippen molar-refractivity contribution in [3.05, 3.63) is 66.0 Å². The van der Waals surface area contributed by atoms with E-state index in [2.05, 4.69) is 12.2 Å². The normalized spacial score (nSPS) is 21.3. The van der Waals surface area contributed by atoms with Gasteiger partial charge in [-0.05, 0) is 29.9 Å². The molecule has 0 bridgehead atoms. The van der Waals surface area contributed by atoms with Gasteiger partial charge in [0, 0.05) is 34.9 Å². The van der Waals surface area contributed by atoms with E-state index in [4.69, 9.17) is 5.73 Å². The number of nitrogens with one attached hydrogen (secondary N) is 1. The van der Waals surface area contributed by atoms with Crippen LogP contribution in [0.5, 0.6) is 0 Å². The fourth-order valence-electron chi connectivity index (χ4n) is 3.93. The van der Waals surface area contributed by atoms with Gasteiger partial charge in [-0.1, -0.05) is 55.5 Å². The van der Waals surface area contributed by atoms with E-state index in [9.17, 15) is 4.79 Å². The minimum absolute atomic E-state index is 0.182. The van der Waals surface area contributed by atoms with Crippen LogP contribution in [0.3, 0.4) is 0 Å². The highest BCUT2D eigenvalue weighted by atomic mass is 19.1. The number of amides is 1. The Labute approximate surface area is 158 Å². The second kappa shape index (κ2) is 6.46. The number of hydrogen-bond donors (Lipinski definition) is 2. The molecule has 1 fully saturated rings. The van der Waals surface area contributed by atoms with Crippen LogP contribution in [0.2, 0.25) is 0 Å². The molecule has 4 heteroatoms. The quantitative estimate of drug-likeness (QED) is 0.670. The van der Waals surface area contributed by atoms with E-state index < -0.39 is 0 Å². The standard InChI is InChI=1S/C23H23FN2O/c1-3-23(25)13-20(23)16-9-10-18(21(24)12-16)19-11-8-15-6-4-5-7-17(15)22(19)26-14(2)27/h4-12,20H,3,13,25H2,1-2H3,(H,26,27). The number of rotatable bonds is 4. The van der Waals surface area contributed by atoms with Crippen molar-refractivity contribution in [2.45, 2.75) is 38.1 Å². The number of carbonyl (C=O) groups is 1. The van der Waals surface area contributed by atoms with Crippen LogP contribution in [0, 0.1) is 5.82 Å². The molecule has 0 heterocycles. The molecule has 1 aliphatic carbocycles. The van der Waals surface area contributed by atoms with Crippen LogP contribution in [-0.2, 0) is 4.79 Å². The van der Waals surface area contributed by atoms with Gasteiger partial charge >= 0.3 is 0 Å². The monoisotopic (exact) mass is 362 g/mol. The highest BCUT2D eigenvalue weighted by molar-refractivity contribution is 6.07. The van der Waals surface area contributed by atoms with E-state index in [1.54, 1.807) is 12.1 Å². The summed E-state index contributed by atoms with van der Waals surface area (Å²) in [5, 5.41) is 4.78. The molecule has 3 N–H and O–H groups in total. The minimum atomic E-state index is -0.292. The molecule has 0 radical (unpaired) electrons. The second-order valence-electron chi connectivity index (χ2n) is 7.47. The van der Waals surface area contributed by atoms with Gasteiger partial charge in [0.05, 0.1) is 5.69 Å². The fourth-order valence-corrected chi connectivity index (χ4v) is 3.93. The van der Waals surface area contributed by atoms with Gasteiger partial charge in [-0.2, -0.15) is 0 Å². The number of hydrogen-bond acceptors (Lipinski definition) is 2. The zero-order valence-corrected chi connectivity index (χ0v) is 15.6. The van der Waals surface area contributed by atoms with Gasteiger partial charge in [0.2, 0.25) is 5.91 Å². The van der Waals surface area contributed by atoms with Crippen molar-refractivity contribution >= 4 is 22.4 Å². The molecule has 3 aromatic carbocycles. The maximum absolute atomic E-state index is 15.0. The summed E-state index contributed by atoms with van der Waals surface area (Å²) in [7, 11) is 0. The molecule has 27 heavy (non-hydrogen) atoms. The third kappa shape index (κ3) is 3.10. The molecule has 138 valence electrons. The van der Waals surface area contributed by atoms with Gasteiger partial charge < -0.3 is 11.1 Å². The summed E-state index contributed by atoms with van der Waals surface area (Å²) in [5.41, 5.74) is 8.84. The summed E-state index contributed by atoms with van der Waals surface area (Å²) in [6.45, 7) is 3.53. The number of halogens is 1. The third-order valence-electron chi connectivity index (χ3n) is 5.69. The lowest BCUT2D eigenvalue weighted by Crippen LogP contribution is -2.22. The molecular formula is C23H23FN2O. The van der Waals surface area contributed by atoms with Crippen LogP contribution in [0.25, 0.3) is 21.9 Å². The van der Waals surface area contributed by atoms with Crippen LogP contribution < -0.4 is 11.1 Å². The van der Waals surface area contributed by atoms with Crippen molar-refractivity contribution in [3.8, 4) is 11.1 Å². The summed E-state index contributed by atoms with van der Waals surface area (Å²) >= 11 is 0. The maximum Gasteiger partial charge on any atom is 0.221 e. The van der Waals surface area contributed by atoms with Gasteiger partial charge in [0.25, 0.3) is 0 Å². The molecular weight excluding hydrogens is 339 g/mol. The zero-order chi connectivity index (χ0) is 19.2. The average molecular weight is 362 g/mol. The third-order valence-corrected chi connectivity index (χ3v) is 5.69. The summed E-state index contributed by atoms with van der Waals surface area (Å²) in [6, 6.07) is 16.9. The lowest BCUT2D eigenvalue weighted by atomic mass is 9.95. The highest BCUT2D eigenvalue weighted by Gasteiger charge is 2.50. The molecule has 3 aromatic rings. The molecule has 2 unspecified atom stereocenters. The Balaban J connectivity index is 1.81. The Morgan fingerprint density at radius 2 is 1.93 bits per heavy atom. The predicted octanol–water partition coefficient (Wildman–Crippen LogP) is 5.20. The maximum atomic E-state index is 15.0. The number of benzene rings is 3. The minimum Gasteiger partial charge on any atom is -0.325 e. The van der Waals surface area contributed by atoms with Crippen LogP contribution in [0.1, 0.15) is 38.2 Å². The molecule has 1 saturated carbocycles. The predicted molar refractivity (Wildman–Crippen MR) is 108 cm³/mol. The van der Waals surface area contributed by atoms with Crippen LogP contribution in [-0.4, -0.2) is 11.4 Å². The first-order valence-corrected chi connectivity index (χ1v) is 9.31. The Kier molecular flexibility index (Phi) is 4.23. The van der Waals surface area contributed by atoms with E-state index >= 15 is 4.39 Å². The lowest BCUT2D eigenvalue weighted by Gasteiger charge is -2.15. The zero-order valence-electron chi connectivity index (χ0n) is 15.6. The van der Waals surface area contributed by atoms with Crippen molar-refractivity contribution in [2.75, 3.05) is 5.32 Å². The van der Waals surface area contributed by atoms with E-state index in [1.807, 2.05) is 42.5 Å². The van der Waals surface area contributed by atoms with Crippen LogP contribution >= 0.6 is 0 Å². The van der Waals surface area contributed by atoms with Gasteiger partial charge in [-0.15, -0.1) is 0 Å². The Morgan fingerprint density at radius 1 is 1.19 bits per heavy atom. The summed E-state index contributed by atoms with van der Waals surface area (Å²) in [6.07, 6.45) is 1.79. The van der Waals surface area contributed by atoms with E-state index in [1.165, 1.54) is 6.92 Å². The number of nitrogens with two attached hydrogens (primary N) is 1. The van der Waals surface area contributed by atoms with E-state index in [0.717, 1.165) is 29.2 Å². The van der Waals surface area contributed by atoms with Crippen LogP contribution in [0.4, 0.5) is 10.1 Å². The molecule has 1 amide bonds. The highest BCUT2D eigenvalue weighted by Crippen LogP contribution is 2.52. The van der Waals surface area contributed by atoms with Crippen LogP contribution in [0.15, 0.2) is 54.6 Å². The molecule has 3 nitrogen and oxygen atoms in total. The molecule has 4 rings (SSSR count). The van der Waals surface area contributed by atoms with E-state index in [-0.39, 0.29) is 23.2 Å². The van der Waals surface area contributed by atoms with Crippen molar-refractivity contribution < 1.29 is 9.18 Å².